The maximum atomic E-state index is 12.7. The van der Waals surface area contributed by atoms with Gasteiger partial charge in [-0.1, -0.05) is 24.4 Å². The number of hydrogen-bond acceptors (Lipinski definition) is 5. The Hall–Kier alpha value is -2.18. The predicted molar refractivity (Wildman–Crippen MR) is 105 cm³/mol. The maximum Gasteiger partial charge on any atom is 0.238 e. The van der Waals surface area contributed by atoms with Crippen molar-refractivity contribution in [2.75, 3.05) is 26.1 Å². The molecule has 0 aliphatic heterocycles. The standard InChI is InChI=1S/C20H25ClN2O4/c1-25-18-11-19(26-2)17(10-16(18)21)22-20(24)13-23(14-6-3-4-7-14)12-15-8-5-9-27-15/h5,8-11,14H,3-4,6-7,12-13H2,1-2H3,(H,22,24). The quantitative estimate of drug-likeness (QED) is 0.724. The van der Waals surface area contributed by atoms with Crippen LogP contribution in [0, 0.1) is 0 Å². The first-order valence-corrected chi connectivity index (χ1v) is 9.46. The average Bonchev–Trinajstić information content (AvgIpc) is 3.35. The summed E-state index contributed by atoms with van der Waals surface area (Å²) < 4.78 is 16.0. The summed E-state index contributed by atoms with van der Waals surface area (Å²) >= 11 is 6.19. The summed E-state index contributed by atoms with van der Waals surface area (Å²) in [6.45, 7) is 0.893. The van der Waals surface area contributed by atoms with Crippen LogP contribution in [0.15, 0.2) is 34.9 Å². The molecule has 1 aliphatic rings. The molecule has 1 heterocycles. The SMILES string of the molecule is COc1cc(OC)c(NC(=O)CN(Cc2ccco2)C2CCCC2)cc1Cl. The normalized spacial score (nSPS) is 14.5. The van der Waals surface area contributed by atoms with Crippen molar-refractivity contribution in [1.29, 1.82) is 0 Å². The Kier molecular flexibility index (Phi) is 6.63. The van der Waals surface area contributed by atoms with Crippen molar-refractivity contribution < 1.29 is 18.7 Å². The van der Waals surface area contributed by atoms with Crippen molar-refractivity contribution in [3.8, 4) is 11.5 Å². The highest BCUT2D eigenvalue weighted by atomic mass is 35.5. The van der Waals surface area contributed by atoms with Gasteiger partial charge < -0.3 is 19.2 Å². The summed E-state index contributed by atoms with van der Waals surface area (Å²) in [6, 6.07) is 7.50. The van der Waals surface area contributed by atoms with Crippen LogP contribution in [-0.2, 0) is 11.3 Å². The molecule has 2 aromatic rings. The van der Waals surface area contributed by atoms with Gasteiger partial charge in [0.1, 0.15) is 17.3 Å². The van der Waals surface area contributed by atoms with E-state index >= 15 is 0 Å². The smallest absolute Gasteiger partial charge is 0.238 e. The van der Waals surface area contributed by atoms with E-state index in [9.17, 15) is 4.79 Å². The highest BCUT2D eigenvalue weighted by Crippen LogP contribution is 2.36. The van der Waals surface area contributed by atoms with Crippen LogP contribution < -0.4 is 14.8 Å². The zero-order chi connectivity index (χ0) is 19.2. The molecule has 1 aromatic carbocycles. The van der Waals surface area contributed by atoms with Crippen molar-refractivity contribution >= 4 is 23.2 Å². The molecule has 1 saturated carbocycles. The molecule has 7 heteroatoms. The number of amides is 1. The average molecular weight is 393 g/mol. The van der Waals surface area contributed by atoms with Gasteiger partial charge >= 0.3 is 0 Å². The predicted octanol–water partition coefficient (Wildman–Crippen LogP) is 4.33. The molecule has 1 fully saturated rings. The number of anilines is 1. The number of carbonyl (C=O) groups is 1. The first-order chi connectivity index (χ1) is 13.1. The molecule has 1 aliphatic carbocycles. The summed E-state index contributed by atoms with van der Waals surface area (Å²) in [5.74, 6) is 1.74. The molecule has 3 rings (SSSR count). The van der Waals surface area contributed by atoms with Gasteiger partial charge in [-0.2, -0.15) is 0 Å². The Balaban J connectivity index is 1.71. The van der Waals surface area contributed by atoms with E-state index in [-0.39, 0.29) is 12.5 Å². The van der Waals surface area contributed by atoms with E-state index in [0.29, 0.717) is 34.8 Å². The highest BCUT2D eigenvalue weighted by Gasteiger charge is 2.25. The van der Waals surface area contributed by atoms with Crippen molar-refractivity contribution in [3.05, 3.63) is 41.3 Å². The summed E-state index contributed by atoms with van der Waals surface area (Å²) in [5, 5.41) is 3.32. The molecule has 27 heavy (non-hydrogen) atoms. The zero-order valence-electron chi connectivity index (χ0n) is 15.7. The van der Waals surface area contributed by atoms with Crippen molar-refractivity contribution in [2.45, 2.75) is 38.3 Å². The van der Waals surface area contributed by atoms with Crippen LogP contribution in [0.2, 0.25) is 5.02 Å². The summed E-state index contributed by atoms with van der Waals surface area (Å²) in [6.07, 6.45) is 6.26. The minimum Gasteiger partial charge on any atom is -0.495 e. The summed E-state index contributed by atoms with van der Waals surface area (Å²) in [7, 11) is 3.08. The third-order valence-electron chi connectivity index (χ3n) is 4.87. The molecule has 0 unspecified atom stereocenters. The second kappa shape index (κ2) is 9.15. The molecule has 0 spiro atoms. The zero-order valence-corrected chi connectivity index (χ0v) is 16.4. The number of hydrogen-bond donors (Lipinski definition) is 1. The Bertz CT molecular complexity index is 758. The lowest BCUT2D eigenvalue weighted by molar-refractivity contribution is -0.118. The number of ether oxygens (including phenoxy) is 2. The Morgan fingerprint density at radius 2 is 2.00 bits per heavy atom. The second-order valence-electron chi connectivity index (χ2n) is 6.66. The fourth-order valence-electron chi connectivity index (χ4n) is 3.52. The van der Waals surface area contributed by atoms with Crippen LogP contribution in [0.5, 0.6) is 11.5 Å². The third-order valence-corrected chi connectivity index (χ3v) is 5.17. The molecule has 0 atom stereocenters. The van der Waals surface area contributed by atoms with Gasteiger partial charge in [0.05, 0.1) is 44.3 Å². The molecule has 1 amide bonds. The molecule has 6 nitrogen and oxygen atoms in total. The van der Waals surface area contributed by atoms with E-state index in [0.717, 1.165) is 18.6 Å². The molecule has 1 N–H and O–H groups in total. The van der Waals surface area contributed by atoms with Crippen LogP contribution in [0.3, 0.4) is 0 Å². The largest absolute Gasteiger partial charge is 0.495 e. The van der Waals surface area contributed by atoms with Crippen LogP contribution >= 0.6 is 11.6 Å². The van der Waals surface area contributed by atoms with E-state index < -0.39 is 0 Å². The van der Waals surface area contributed by atoms with E-state index in [1.807, 2.05) is 12.1 Å². The number of halogens is 1. The fourth-order valence-corrected chi connectivity index (χ4v) is 3.76. The Labute approximate surface area is 164 Å². The van der Waals surface area contributed by atoms with Crippen molar-refractivity contribution in [1.82, 2.24) is 4.90 Å². The van der Waals surface area contributed by atoms with Crippen molar-refractivity contribution in [3.63, 3.8) is 0 Å². The molecular weight excluding hydrogens is 368 g/mol. The van der Waals surface area contributed by atoms with E-state index in [1.54, 1.807) is 25.5 Å². The first kappa shape index (κ1) is 19.6. The van der Waals surface area contributed by atoms with E-state index in [2.05, 4.69) is 10.2 Å². The summed E-state index contributed by atoms with van der Waals surface area (Å²) in [4.78, 5) is 14.9. The van der Waals surface area contributed by atoms with Crippen LogP contribution in [0.25, 0.3) is 0 Å². The minimum absolute atomic E-state index is 0.118. The highest BCUT2D eigenvalue weighted by molar-refractivity contribution is 6.32. The van der Waals surface area contributed by atoms with Gasteiger partial charge in [-0.15, -0.1) is 0 Å². The third kappa shape index (κ3) is 4.96. The first-order valence-electron chi connectivity index (χ1n) is 9.08. The molecule has 146 valence electrons. The lowest BCUT2D eigenvalue weighted by Crippen LogP contribution is -2.39. The van der Waals surface area contributed by atoms with Crippen LogP contribution in [0.4, 0.5) is 5.69 Å². The van der Waals surface area contributed by atoms with Crippen molar-refractivity contribution in [2.24, 2.45) is 0 Å². The van der Waals surface area contributed by atoms with Gasteiger partial charge in [0.15, 0.2) is 0 Å². The maximum absolute atomic E-state index is 12.7. The minimum atomic E-state index is -0.118. The number of methoxy groups -OCH3 is 2. The number of carbonyl (C=O) groups excluding carboxylic acids is 1. The van der Waals surface area contributed by atoms with Gasteiger partial charge in [0, 0.05) is 12.1 Å². The molecular formula is C20H25ClN2O4. The Morgan fingerprint density at radius 1 is 1.26 bits per heavy atom. The van der Waals surface area contributed by atoms with E-state index in [1.165, 1.54) is 20.0 Å². The fraction of sp³-hybridized carbons (Fsp3) is 0.450. The van der Waals surface area contributed by atoms with Gasteiger partial charge in [-0.25, -0.2) is 0 Å². The molecule has 0 bridgehead atoms. The number of benzene rings is 1. The number of furan rings is 1. The Morgan fingerprint density at radius 3 is 2.63 bits per heavy atom. The summed E-state index contributed by atoms with van der Waals surface area (Å²) in [5.41, 5.74) is 0.526. The van der Waals surface area contributed by atoms with Crippen LogP contribution in [-0.4, -0.2) is 37.6 Å². The molecule has 0 saturated heterocycles. The number of nitrogens with one attached hydrogen (secondary N) is 1. The number of nitrogens with zero attached hydrogens (tertiary/aromatic N) is 1. The monoisotopic (exact) mass is 392 g/mol. The molecule has 0 radical (unpaired) electrons. The second-order valence-corrected chi connectivity index (χ2v) is 7.07. The van der Waals surface area contributed by atoms with E-state index in [4.69, 9.17) is 25.5 Å². The lowest BCUT2D eigenvalue weighted by Gasteiger charge is -2.27. The van der Waals surface area contributed by atoms with Crippen LogP contribution in [0.1, 0.15) is 31.4 Å². The van der Waals surface area contributed by atoms with Gasteiger partial charge in [0.2, 0.25) is 5.91 Å². The van der Waals surface area contributed by atoms with Gasteiger partial charge in [0.25, 0.3) is 0 Å². The lowest BCUT2D eigenvalue weighted by atomic mass is 10.2. The van der Waals surface area contributed by atoms with Gasteiger partial charge in [-0.3, -0.25) is 9.69 Å². The topological polar surface area (TPSA) is 63.9 Å². The molecule has 1 aromatic heterocycles. The number of rotatable bonds is 8. The van der Waals surface area contributed by atoms with Gasteiger partial charge in [-0.05, 0) is 31.0 Å².